The summed E-state index contributed by atoms with van der Waals surface area (Å²) in [5, 5.41) is 13.5. The summed E-state index contributed by atoms with van der Waals surface area (Å²) >= 11 is 7.79. The number of rotatable bonds is 3. The van der Waals surface area contributed by atoms with E-state index in [1.165, 1.54) is 23.5 Å². The van der Waals surface area contributed by atoms with Crippen LogP contribution in [-0.4, -0.2) is 10.8 Å². The molecule has 0 radical (unpaired) electrons. The summed E-state index contributed by atoms with van der Waals surface area (Å²) < 4.78 is 1.45. The number of hydrogen-bond donors (Lipinski definition) is 1. The monoisotopic (exact) mass is 418 g/mol. The first kappa shape index (κ1) is 15.1. The van der Waals surface area contributed by atoms with Crippen molar-refractivity contribution in [1.29, 1.82) is 0 Å². The minimum absolute atomic E-state index is 0.153. The van der Waals surface area contributed by atoms with Gasteiger partial charge in [-0.15, -0.1) is 11.3 Å². The molecule has 0 aliphatic carbocycles. The highest BCUT2D eigenvalue weighted by molar-refractivity contribution is 9.11. The minimum Gasteiger partial charge on any atom is -0.316 e. The first-order valence-electron chi connectivity index (χ1n) is 5.39. The molecular weight excluding hydrogens is 412 g/mol. The average Bonchev–Trinajstić information content (AvgIpc) is 2.71. The van der Waals surface area contributed by atoms with Crippen molar-refractivity contribution in [3.8, 4) is 0 Å². The Hall–Kier alpha value is -1.25. The molecule has 0 aliphatic rings. The van der Waals surface area contributed by atoms with Gasteiger partial charge in [0.15, 0.2) is 0 Å². The molecule has 1 N–H and O–H groups in total. The highest BCUT2D eigenvalue weighted by Gasteiger charge is 2.18. The number of amides is 1. The zero-order valence-electron chi connectivity index (χ0n) is 10.1. The molecule has 2 aromatic rings. The Kier molecular flexibility index (Phi) is 4.56. The van der Waals surface area contributed by atoms with Crippen molar-refractivity contribution in [2.75, 3.05) is 5.32 Å². The Labute approximate surface area is 135 Å². The van der Waals surface area contributed by atoms with Crippen molar-refractivity contribution in [1.82, 2.24) is 0 Å². The molecule has 1 amide bonds. The molecule has 104 valence electrons. The third-order valence-electron chi connectivity index (χ3n) is 2.49. The van der Waals surface area contributed by atoms with E-state index in [0.717, 1.165) is 9.35 Å². The number of nitro groups is 1. The van der Waals surface area contributed by atoms with Crippen molar-refractivity contribution in [2.24, 2.45) is 0 Å². The van der Waals surface area contributed by atoms with Crippen molar-refractivity contribution >= 4 is 60.5 Å². The molecule has 0 saturated heterocycles. The fourth-order valence-corrected chi connectivity index (χ4v) is 3.30. The first-order valence-corrected chi connectivity index (χ1v) is 7.80. The quantitative estimate of drug-likeness (QED) is 0.576. The van der Waals surface area contributed by atoms with Gasteiger partial charge in [-0.1, -0.05) is 15.9 Å². The fourth-order valence-electron chi connectivity index (χ4n) is 1.52. The topological polar surface area (TPSA) is 72.2 Å². The van der Waals surface area contributed by atoms with Crippen molar-refractivity contribution in [3.63, 3.8) is 0 Å². The van der Waals surface area contributed by atoms with Crippen molar-refractivity contribution in [3.05, 3.63) is 53.1 Å². The number of aryl methyl sites for hydroxylation is 1. The first-order chi connectivity index (χ1) is 9.38. The van der Waals surface area contributed by atoms with E-state index in [1.807, 2.05) is 6.92 Å². The second kappa shape index (κ2) is 6.02. The maximum absolute atomic E-state index is 12.1. The molecule has 1 aromatic carbocycles. The van der Waals surface area contributed by atoms with E-state index in [1.54, 1.807) is 12.1 Å². The SMILES string of the molecule is Cc1cc(C(=O)Nc2ccc(Br)cc2[N+](=O)[O-])sc1Br. The normalized spacial score (nSPS) is 10.3. The molecule has 0 spiro atoms. The van der Waals surface area contributed by atoms with Gasteiger partial charge < -0.3 is 5.32 Å². The number of anilines is 1. The maximum atomic E-state index is 12.1. The standard InChI is InChI=1S/C12H8Br2N2O3S/c1-6-4-10(20-11(6)14)12(17)15-8-3-2-7(13)5-9(8)16(18)19/h2-5H,1H3,(H,15,17). The number of carbonyl (C=O) groups excluding carboxylic acids is 1. The Morgan fingerprint density at radius 2 is 2.05 bits per heavy atom. The molecule has 2 rings (SSSR count). The molecule has 0 bridgehead atoms. The van der Waals surface area contributed by atoms with Gasteiger partial charge in [0.05, 0.1) is 13.6 Å². The molecule has 0 aliphatic heterocycles. The van der Waals surface area contributed by atoms with Crippen LogP contribution in [0, 0.1) is 17.0 Å². The largest absolute Gasteiger partial charge is 0.316 e. The molecular formula is C12H8Br2N2O3S. The summed E-state index contributed by atoms with van der Waals surface area (Å²) in [5.41, 5.74) is 0.968. The molecule has 0 atom stereocenters. The number of nitro benzene ring substituents is 1. The van der Waals surface area contributed by atoms with Gasteiger partial charge in [-0.05, 0) is 46.6 Å². The Bertz CT molecular complexity index is 681. The second-order valence-electron chi connectivity index (χ2n) is 3.94. The third kappa shape index (κ3) is 3.25. The van der Waals surface area contributed by atoms with Gasteiger partial charge in [0.1, 0.15) is 5.69 Å². The minimum atomic E-state index is -0.532. The van der Waals surface area contributed by atoms with Crippen LogP contribution in [0.4, 0.5) is 11.4 Å². The number of carbonyl (C=O) groups is 1. The van der Waals surface area contributed by atoms with Crippen LogP contribution in [0.5, 0.6) is 0 Å². The Balaban J connectivity index is 2.30. The summed E-state index contributed by atoms with van der Waals surface area (Å²) in [6, 6.07) is 6.22. The molecule has 0 unspecified atom stereocenters. The summed E-state index contributed by atoms with van der Waals surface area (Å²) in [5.74, 6) is -0.366. The molecule has 5 nitrogen and oxygen atoms in total. The summed E-state index contributed by atoms with van der Waals surface area (Å²) in [6.07, 6.45) is 0. The second-order valence-corrected chi connectivity index (χ2v) is 7.23. The highest BCUT2D eigenvalue weighted by atomic mass is 79.9. The van der Waals surface area contributed by atoms with E-state index in [4.69, 9.17) is 0 Å². The van der Waals surface area contributed by atoms with Gasteiger partial charge in [0.25, 0.3) is 11.6 Å². The number of thiophene rings is 1. The van der Waals surface area contributed by atoms with E-state index in [0.29, 0.717) is 9.35 Å². The van der Waals surface area contributed by atoms with Gasteiger partial charge in [-0.3, -0.25) is 14.9 Å². The lowest BCUT2D eigenvalue weighted by Gasteiger charge is -2.04. The molecule has 8 heteroatoms. The predicted molar refractivity (Wildman–Crippen MR) is 85.5 cm³/mol. The molecule has 0 fully saturated rings. The van der Waals surface area contributed by atoms with Gasteiger partial charge in [-0.2, -0.15) is 0 Å². The van der Waals surface area contributed by atoms with Gasteiger partial charge in [0.2, 0.25) is 0 Å². The lowest BCUT2D eigenvalue weighted by molar-refractivity contribution is -0.384. The Morgan fingerprint density at radius 3 is 2.60 bits per heavy atom. The zero-order chi connectivity index (χ0) is 14.9. The van der Waals surface area contributed by atoms with Crippen LogP contribution in [0.25, 0.3) is 0 Å². The van der Waals surface area contributed by atoms with Crippen molar-refractivity contribution < 1.29 is 9.72 Å². The van der Waals surface area contributed by atoms with Crippen LogP contribution in [0.1, 0.15) is 15.2 Å². The number of nitrogens with zero attached hydrogens (tertiary/aromatic N) is 1. The molecule has 0 saturated carbocycles. The van der Waals surface area contributed by atoms with Crippen LogP contribution >= 0.6 is 43.2 Å². The molecule has 1 heterocycles. The Morgan fingerprint density at radius 1 is 1.35 bits per heavy atom. The predicted octanol–water partition coefficient (Wildman–Crippen LogP) is 4.74. The average molecular weight is 420 g/mol. The number of halogens is 2. The summed E-state index contributed by atoms with van der Waals surface area (Å²) in [6.45, 7) is 1.87. The van der Waals surface area contributed by atoms with Crippen molar-refractivity contribution in [2.45, 2.75) is 6.92 Å². The van der Waals surface area contributed by atoms with Gasteiger partial charge >= 0.3 is 0 Å². The van der Waals surface area contributed by atoms with Crippen LogP contribution in [-0.2, 0) is 0 Å². The van der Waals surface area contributed by atoms with E-state index < -0.39 is 4.92 Å². The van der Waals surface area contributed by atoms with Crippen LogP contribution in [0.15, 0.2) is 32.5 Å². The third-order valence-corrected chi connectivity index (χ3v) is 5.11. The lowest BCUT2D eigenvalue weighted by Crippen LogP contribution is -2.11. The van der Waals surface area contributed by atoms with E-state index in [2.05, 4.69) is 37.2 Å². The summed E-state index contributed by atoms with van der Waals surface area (Å²) in [7, 11) is 0. The molecule has 1 aromatic heterocycles. The van der Waals surface area contributed by atoms with Gasteiger partial charge in [-0.25, -0.2) is 0 Å². The molecule has 20 heavy (non-hydrogen) atoms. The number of benzene rings is 1. The van der Waals surface area contributed by atoms with E-state index in [-0.39, 0.29) is 17.3 Å². The zero-order valence-corrected chi connectivity index (χ0v) is 14.1. The smallest absolute Gasteiger partial charge is 0.293 e. The number of hydrogen-bond acceptors (Lipinski definition) is 4. The number of nitrogens with one attached hydrogen (secondary N) is 1. The van der Waals surface area contributed by atoms with E-state index >= 15 is 0 Å². The highest BCUT2D eigenvalue weighted by Crippen LogP contribution is 2.31. The lowest BCUT2D eigenvalue weighted by atomic mass is 10.2. The van der Waals surface area contributed by atoms with Crippen LogP contribution in [0.3, 0.4) is 0 Å². The van der Waals surface area contributed by atoms with Crippen LogP contribution in [0.2, 0.25) is 0 Å². The van der Waals surface area contributed by atoms with Gasteiger partial charge in [0, 0.05) is 10.5 Å². The summed E-state index contributed by atoms with van der Waals surface area (Å²) in [4.78, 5) is 23.0. The fraction of sp³-hybridized carbons (Fsp3) is 0.0833. The van der Waals surface area contributed by atoms with Crippen LogP contribution < -0.4 is 5.32 Å². The maximum Gasteiger partial charge on any atom is 0.293 e. The van der Waals surface area contributed by atoms with E-state index in [9.17, 15) is 14.9 Å².